The molecule has 4 heterocycles. The van der Waals surface area contributed by atoms with Gasteiger partial charge in [-0.1, -0.05) is 48.5 Å². The van der Waals surface area contributed by atoms with E-state index in [1.54, 1.807) is 0 Å². The van der Waals surface area contributed by atoms with E-state index in [1.807, 2.05) is 36.4 Å². The Balaban J connectivity index is 1.26. The summed E-state index contributed by atoms with van der Waals surface area (Å²) < 4.78 is 41.4. The first kappa shape index (κ1) is 25.9. The zero-order chi connectivity index (χ0) is 29.0. The predicted octanol–water partition coefficient (Wildman–Crippen LogP) is 7.41. The summed E-state index contributed by atoms with van der Waals surface area (Å²) in [5.74, 6) is 3.15. The molecular weight excluding hydrogens is 556 g/mol. The van der Waals surface area contributed by atoms with Crippen molar-refractivity contribution in [3.8, 4) is 39.7 Å². The van der Waals surface area contributed by atoms with Gasteiger partial charge < -0.3 is 32.8 Å². The van der Waals surface area contributed by atoms with Gasteiger partial charge in [0.2, 0.25) is 0 Å². The van der Waals surface area contributed by atoms with Crippen LogP contribution < -0.4 is 14.2 Å². The van der Waals surface area contributed by atoms with Gasteiger partial charge in [-0.25, -0.2) is 0 Å². The molecule has 0 radical (unpaired) electrons. The van der Waals surface area contributed by atoms with Gasteiger partial charge in [0.1, 0.15) is 66.7 Å². The van der Waals surface area contributed by atoms with E-state index in [9.17, 15) is 0 Å². The molecule has 44 heavy (non-hydrogen) atoms. The number of rotatable bonds is 11. The lowest BCUT2D eigenvalue weighted by Gasteiger charge is -2.12. The summed E-state index contributed by atoms with van der Waals surface area (Å²) >= 11 is 0. The Kier molecular flexibility index (Phi) is 6.21. The molecule has 3 saturated heterocycles. The number of hydrogen-bond donors (Lipinski definition) is 0. The van der Waals surface area contributed by atoms with Crippen LogP contribution in [0, 0.1) is 0 Å². The number of epoxide rings is 3. The molecule has 7 nitrogen and oxygen atoms in total. The number of para-hydroxylation sites is 1. The van der Waals surface area contributed by atoms with Crippen molar-refractivity contribution in [1.82, 2.24) is 0 Å². The number of benzene rings is 5. The Morgan fingerprint density at radius 2 is 1.18 bits per heavy atom. The lowest BCUT2D eigenvalue weighted by Crippen LogP contribution is -2.04. The Morgan fingerprint density at radius 1 is 0.568 bits per heavy atom. The second-order valence-electron chi connectivity index (χ2n) is 11.6. The van der Waals surface area contributed by atoms with Crippen LogP contribution in [0.1, 0.15) is 0 Å². The Hall–Kier alpha value is -4.56. The van der Waals surface area contributed by atoms with Crippen molar-refractivity contribution >= 4 is 32.5 Å². The molecule has 0 saturated carbocycles. The lowest BCUT2D eigenvalue weighted by atomic mass is 9.92. The van der Waals surface area contributed by atoms with Gasteiger partial charge in [0.05, 0.1) is 25.4 Å². The van der Waals surface area contributed by atoms with Crippen LogP contribution in [0.5, 0.6) is 17.2 Å². The molecule has 0 spiro atoms. The van der Waals surface area contributed by atoms with E-state index in [0.717, 1.165) is 92.0 Å². The largest absolute Gasteiger partial charge is 0.491 e. The van der Waals surface area contributed by atoms with Crippen LogP contribution in [-0.2, 0) is 14.2 Å². The van der Waals surface area contributed by atoms with E-state index in [2.05, 4.69) is 54.6 Å². The van der Waals surface area contributed by atoms with E-state index in [1.165, 1.54) is 0 Å². The van der Waals surface area contributed by atoms with E-state index < -0.39 is 0 Å². The highest BCUT2D eigenvalue weighted by Crippen LogP contribution is 2.49. The van der Waals surface area contributed by atoms with E-state index in [-0.39, 0.29) is 18.3 Å². The van der Waals surface area contributed by atoms with Crippen molar-refractivity contribution in [2.45, 2.75) is 18.3 Å². The topological polar surface area (TPSA) is 78.4 Å². The Labute approximate surface area is 253 Å². The zero-order valence-electron chi connectivity index (χ0n) is 24.0. The number of ether oxygens (including phenoxy) is 6. The second kappa shape index (κ2) is 10.6. The maximum Gasteiger partial charge on any atom is 0.147 e. The van der Waals surface area contributed by atoms with Crippen molar-refractivity contribution in [3.05, 3.63) is 91.0 Å². The van der Waals surface area contributed by atoms with Crippen LogP contribution in [0.4, 0.5) is 0 Å². The van der Waals surface area contributed by atoms with Crippen LogP contribution >= 0.6 is 0 Å². The van der Waals surface area contributed by atoms with Crippen LogP contribution in [0.25, 0.3) is 55.0 Å². The molecule has 3 aliphatic heterocycles. The normalized spacial score (nSPS) is 20.2. The minimum atomic E-state index is 0.141. The average molecular weight is 587 g/mol. The molecule has 220 valence electrons. The summed E-state index contributed by atoms with van der Waals surface area (Å²) in [6, 6.07) is 31.1. The molecule has 0 amide bonds. The van der Waals surface area contributed by atoms with Gasteiger partial charge in [0, 0.05) is 16.3 Å². The molecule has 3 aliphatic rings. The van der Waals surface area contributed by atoms with E-state index >= 15 is 0 Å². The molecule has 6 aromatic rings. The number of hydrogen-bond acceptors (Lipinski definition) is 7. The fraction of sp³-hybridized carbons (Fsp3) is 0.243. The maximum atomic E-state index is 6.97. The van der Waals surface area contributed by atoms with Crippen LogP contribution in [0.15, 0.2) is 95.4 Å². The van der Waals surface area contributed by atoms with Gasteiger partial charge >= 0.3 is 0 Å². The van der Waals surface area contributed by atoms with Gasteiger partial charge in [-0.15, -0.1) is 0 Å². The lowest BCUT2D eigenvalue weighted by molar-refractivity contribution is 0.263. The predicted molar refractivity (Wildman–Crippen MR) is 168 cm³/mol. The molecule has 0 aliphatic carbocycles. The van der Waals surface area contributed by atoms with Gasteiger partial charge in [0.25, 0.3) is 0 Å². The van der Waals surface area contributed by atoms with Crippen molar-refractivity contribution in [2.75, 3.05) is 39.6 Å². The molecule has 9 rings (SSSR count). The summed E-state index contributed by atoms with van der Waals surface area (Å²) in [6.07, 6.45) is 0.527. The third-order valence-electron chi connectivity index (χ3n) is 8.41. The van der Waals surface area contributed by atoms with Crippen molar-refractivity contribution in [1.29, 1.82) is 0 Å². The molecule has 3 fully saturated rings. The molecule has 3 atom stereocenters. The second-order valence-corrected chi connectivity index (χ2v) is 11.6. The highest BCUT2D eigenvalue weighted by atomic mass is 16.6. The number of furan rings is 1. The maximum absolute atomic E-state index is 6.97. The summed E-state index contributed by atoms with van der Waals surface area (Å²) in [5, 5.41) is 5.41. The monoisotopic (exact) mass is 586 g/mol. The first-order chi connectivity index (χ1) is 21.8. The van der Waals surface area contributed by atoms with E-state index in [0.29, 0.717) is 19.8 Å². The smallest absolute Gasteiger partial charge is 0.147 e. The number of fused-ring (bicyclic) bond motifs is 6. The SMILES string of the molecule is c1ccc(-c2oc3c4ccc(OCC5CO5)cc4c4ccccc4c3c2-c2ccc(OCC3CO3)cc2)c(OCC2CO2)c1. The summed E-state index contributed by atoms with van der Waals surface area (Å²) in [6.45, 7) is 3.87. The van der Waals surface area contributed by atoms with Crippen LogP contribution in [0.2, 0.25) is 0 Å². The molecule has 3 unspecified atom stereocenters. The van der Waals surface area contributed by atoms with E-state index in [4.69, 9.17) is 32.8 Å². The van der Waals surface area contributed by atoms with Gasteiger partial charge in [-0.3, -0.25) is 0 Å². The summed E-state index contributed by atoms with van der Waals surface area (Å²) in [5.41, 5.74) is 3.77. The first-order valence-corrected chi connectivity index (χ1v) is 15.1. The van der Waals surface area contributed by atoms with Crippen molar-refractivity contribution in [3.63, 3.8) is 0 Å². The third kappa shape index (κ3) is 4.93. The fourth-order valence-electron chi connectivity index (χ4n) is 5.86. The van der Waals surface area contributed by atoms with Crippen LogP contribution in [-0.4, -0.2) is 58.0 Å². The molecule has 1 aromatic heterocycles. The Morgan fingerprint density at radius 3 is 1.91 bits per heavy atom. The molecular formula is C37H30O7. The zero-order valence-corrected chi connectivity index (χ0v) is 24.0. The van der Waals surface area contributed by atoms with Crippen LogP contribution in [0.3, 0.4) is 0 Å². The molecule has 0 bridgehead atoms. The minimum absolute atomic E-state index is 0.141. The van der Waals surface area contributed by atoms with Gasteiger partial charge in [0.15, 0.2) is 0 Å². The first-order valence-electron chi connectivity index (χ1n) is 15.1. The minimum Gasteiger partial charge on any atom is -0.491 e. The Bertz CT molecular complexity index is 2000. The van der Waals surface area contributed by atoms with Crippen molar-refractivity contribution < 1.29 is 32.8 Å². The van der Waals surface area contributed by atoms with Crippen molar-refractivity contribution in [2.24, 2.45) is 0 Å². The highest BCUT2D eigenvalue weighted by Gasteiger charge is 2.28. The standard InChI is InChI=1S/C37H30O7/c1-2-6-29-28(5-1)32-15-24(39-17-26-19-41-26)13-14-30(32)36-35(29)34(22-9-11-23(12-10-22)38-16-25-18-40-25)37(44-36)31-7-3-4-8-33(31)43-21-27-20-42-27/h1-15,25-27H,16-21H2. The summed E-state index contributed by atoms with van der Waals surface area (Å²) in [7, 11) is 0. The summed E-state index contributed by atoms with van der Waals surface area (Å²) in [4.78, 5) is 0. The highest BCUT2D eigenvalue weighted by molar-refractivity contribution is 6.28. The molecule has 0 N–H and O–H groups in total. The molecule has 5 aromatic carbocycles. The van der Waals surface area contributed by atoms with Gasteiger partial charge in [-0.2, -0.15) is 0 Å². The van der Waals surface area contributed by atoms with Gasteiger partial charge in [-0.05, 0) is 64.2 Å². The average Bonchev–Trinajstić information content (AvgIpc) is 3.94. The third-order valence-corrected chi connectivity index (χ3v) is 8.41. The quantitative estimate of drug-likeness (QED) is 0.116. The fourth-order valence-corrected chi connectivity index (χ4v) is 5.86. The molecule has 7 heteroatoms.